The van der Waals surface area contributed by atoms with Crippen molar-refractivity contribution in [3.8, 4) is 0 Å². The monoisotopic (exact) mass is 282 g/mol. The quantitative estimate of drug-likeness (QED) is 0.767. The molecule has 0 radical (unpaired) electrons. The average molecular weight is 282 g/mol. The van der Waals surface area contributed by atoms with Crippen molar-refractivity contribution in [1.82, 2.24) is 5.32 Å². The highest BCUT2D eigenvalue weighted by Gasteiger charge is 2.18. The standard InChI is InChI=1S/C15H26N2OS/c1-4-13(14-9-6-10-19-14)17-15(18)11(2)7-5-8-12(3)16/h6,9-13H,4-5,7-8,16H2,1-3H3,(H,17,18). The van der Waals surface area contributed by atoms with Crippen molar-refractivity contribution in [2.24, 2.45) is 11.7 Å². The first-order valence-electron chi connectivity index (χ1n) is 7.14. The summed E-state index contributed by atoms with van der Waals surface area (Å²) in [5.74, 6) is 0.220. The van der Waals surface area contributed by atoms with Gasteiger partial charge in [-0.1, -0.05) is 26.3 Å². The number of thiophene rings is 1. The summed E-state index contributed by atoms with van der Waals surface area (Å²) >= 11 is 1.70. The molecule has 1 aromatic rings. The Bertz CT molecular complexity index is 362. The smallest absolute Gasteiger partial charge is 0.223 e. The molecule has 0 aliphatic carbocycles. The number of nitrogens with one attached hydrogen (secondary N) is 1. The third-order valence-electron chi connectivity index (χ3n) is 3.36. The summed E-state index contributed by atoms with van der Waals surface area (Å²) in [6.07, 6.45) is 3.84. The molecule has 1 aromatic heterocycles. The normalized spacial score (nSPS) is 15.8. The van der Waals surface area contributed by atoms with Gasteiger partial charge in [-0.2, -0.15) is 0 Å². The van der Waals surface area contributed by atoms with E-state index in [0.717, 1.165) is 25.7 Å². The van der Waals surface area contributed by atoms with Gasteiger partial charge in [0.1, 0.15) is 0 Å². The molecule has 0 spiro atoms. The molecular formula is C15H26N2OS. The second-order valence-corrected chi connectivity index (χ2v) is 6.27. The van der Waals surface area contributed by atoms with E-state index in [1.807, 2.05) is 19.9 Å². The van der Waals surface area contributed by atoms with E-state index in [4.69, 9.17) is 5.73 Å². The van der Waals surface area contributed by atoms with E-state index in [1.165, 1.54) is 4.88 Å². The summed E-state index contributed by atoms with van der Waals surface area (Å²) in [7, 11) is 0. The predicted molar refractivity (Wildman–Crippen MR) is 82.2 cm³/mol. The highest BCUT2D eigenvalue weighted by Crippen LogP contribution is 2.22. The van der Waals surface area contributed by atoms with Crippen LogP contribution in [0.5, 0.6) is 0 Å². The summed E-state index contributed by atoms with van der Waals surface area (Å²) in [6, 6.07) is 4.49. The van der Waals surface area contributed by atoms with Crippen molar-refractivity contribution in [2.75, 3.05) is 0 Å². The number of carbonyl (C=O) groups is 1. The van der Waals surface area contributed by atoms with E-state index in [0.29, 0.717) is 0 Å². The van der Waals surface area contributed by atoms with Crippen LogP contribution < -0.4 is 11.1 Å². The minimum absolute atomic E-state index is 0.0627. The zero-order valence-corrected chi connectivity index (χ0v) is 13.0. The number of nitrogens with two attached hydrogens (primary N) is 1. The molecule has 1 rings (SSSR count). The molecule has 3 unspecified atom stereocenters. The molecule has 0 saturated heterocycles. The van der Waals surface area contributed by atoms with Crippen molar-refractivity contribution in [3.05, 3.63) is 22.4 Å². The molecule has 0 fully saturated rings. The molecular weight excluding hydrogens is 256 g/mol. The first kappa shape index (κ1) is 16.2. The first-order chi connectivity index (χ1) is 9.04. The lowest BCUT2D eigenvalue weighted by Crippen LogP contribution is -2.32. The lowest BCUT2D eigenvalue weighted by Gasteiger charge is -2.19. The van der Waals surface area contributed by atoms with E-state index < -0.39 is 0 Å². The van der Waals surface area contributed by atoms with Crippen LogP contribution in [0.4, 0.5) is 0 Å². The molecule has 0 aliphatic rings. The Kier molecular flexibility index (Phi) is 7.10. The van der Waals surface area contributed by atoms with Crippen LogP contribution >= 0.6 is 11.3 Å². The lowest BCUT2D eigenvalue weighted by molar-refractivity contribution is -0.125. The maximum Gasteiger partial charge on any atom is 0.223 e. The van der Waals surface area contributed by atoms with Gasteiger partial charge in [0.15, 0.2) is 0 Å². The molecule has 4 heteroatoms. The van der Waals surface area contributed by atoms with Crippen molar-refractivity contribution >= 4 is 17.2 Å². The Morgan fingerprint density at radius 3 is 2.68 bits per heavy atom. The second-order valence-electron chi connectivity index (χ2n) is 5.29. The van der Waals surface area contributed by atoms with E-state index >= 15 is 0 Å². The van der Waals surface area contributed by atoms with Gasteiger partial charge in [-0.05, 0) is 37.6 Å². The highest BCUT2D eigenvalue weighted by molar-refractivity contribution is 7.10. The number of amides is 1. The van der Waals surface area contributed by atoms with Crippen LogP contribution in [0.3, 0.4) is 0 Å². The predicted octanol–water partition coefficient (Wildman–Crippen LogP) is 3.47. The van der Waals surface area contributed by atoms with Crippen molar-refractivity contribution in [1.29, 1.82) is 0 Å². The van der Waals surface area contributed by atoms with Crippen LogP contribution in [0.2, 0.25) is 0 Å². The number of carbonyl (C=O) groups excluding carboxylic acids is 1. The fourth-order valence-electron chi connectivity index (χ4n) is 2.06. The molecule has 19 heavy (non-hydrogen) atoms. The maximum atomic E-state index is 12.1. The molecule has 0 aromatic carbocycles. The summed E-state index contributed by atoms with van der Waals surface area (Å²) in [4.78, 5) is 13.4. The van der Waals surface area contributed by atoms with Gasteiger partial charge in [0.2, 0.25) is 5.91 Å². The summed E-state index contributed by atoms with van der Waals surface area (Å²) in [6.45, 7) is 6.11. The van der Waals surface area contributed by atoms with E-state index in [-0.39, 0.29) is 23.9 Å². The van der Waals surface area contributed by atoms with Crippen LogP contribution in [0.15, 0.2) is 17.5 Å². The topological polar surface area (TPSA) is 55.1 Å². The van der Waals surface area contributed by atoms with Crippen LogP contribution in [0, 0.1) is 5.92 Å². The Morgan fingerprint density at radius 2 is 2.16 bits per heavy atom. The first-order valence-corrected chi connectivity index (χ1v) is 8.01. The van der Waals surface area contributed by atoms with Crippen LogP contribution in [-0.4, -0.2) is 11.9 Å². The highest BCUT2D eigenvalue weighted by atomic mass is 32.1. The maximum absolute atomic E-state index is 12.1. The van der Waals surface area contributed by atoms with Gasteiger partial charge in [-0.3, -0.25) is 4.79 Å². The zero-order valence-electron chi connectivity index (χ0n) is 12.2. The summed E-state index contributed by atoms with van der Waals surface area (Å²) in [5, 5.41) is 5.20. The fourth-order valence-corrected chi connectivity index (χ4v) is 2.92. The Morgan fingerprint density at radius 1 is 1.42 bits per heavy atom. The van der Waals surface area contributed by atoms with Gasteiger partial charge >= 0.3 is 0 Å². The van der Waals surface area contributed by atoms with Gasteiger partial charge < -0.3 is 11.1 Å². The molecule has 1 heterocycles. The van der Waals surface area contributed by atoms with Crippen LogP contribution in [0.1, 0.15) is 57.4 Å². The molecule has 3 N–H and O–H groups in total. The molecule has 108 valence electrons. The number of hydrogen-bond acceptors (Lipinski definition) is 3. The average Bonchev–Trinajstić information content (AvgIpc) is 2.88. The molecule has 1 amide bonds. The largest absolute Gasteiger partial charge is 0.348 e. The minimum Gasteiger partial charge on any atom is -0.348 e. The lowest BCUT2D eigenvalue weighted by atomic mass is 10.0. The minimum atomic E-state index is 0.0627. The van der Waals surface area contributed by atoms with Crippen LogP contribution in [-0.2, 0) is 4.79 Å². The van der Waals surface area contributed by atoms with E-state index in [1.54, 1.807) is 11.3 Å². The molecule has 0 aliphatic heterocycles. The third kappa shape index (κ3) is 5.74. The van der Waals surface area contributed by atoms with E-state index in [9.17, 15) is 4.79 Å². The molecule has 3 nitrogen and oxygen atoms in total. The third-order valence-corrected chi connectivity index (χ3v) is 4.34. The zero-order chi connectivity index (χ0) is 14.3. The van der Waals surface area contributed by atoms with Crippen molar-refractivity contribution in [2.45, 2.75) is 58.5 Å². The number of rotatable bonds is 8. The fraction of sp³-hybridized carbons (Fsp3) is 0.667. The van der Waals surface area contributed by atoms with E-state index in [2.05, 4.69) is 23.7 Å². The number of hydrogen-bond donors (Lipinski definition) is 2. The molecule has 3 atom stereocenters. The van der Waals surface area contributed by atoms with Gasteiger partial charge in [0.25, 0.3) is 0 Å². The van der Waals surface area contributed by atoms with Crippen molar-refractivity contribution < 1.29 is 4.79 Å². The molecule has 0 saturated carbocycles. The Hall–Kier alpha value is -0.870. The van der Waals surface area contributed by atoms with Crippen LogP contribution in [0.25, 0.3) is 0 Å². The SMILES string of the molecule is CCC(NC(=O)C(C)CCCC(C)N)c1cccs1. The second kappa shape index (κ2) is 8.33. The summed E-state index contributed by atoms with van der Waals surface area (Å²) in [5.41, 5.74) is 5.72. The van der Waals surface area contributed by atoms with Gasteiger partial charge in [-0.25, -0.2) is 0 Å². The van der Waals surface area contributed by atoms with Crippen molar-refractivity contribution in [3.63, 3.8) is 0 Å². The molecule has 0 bridgehead atoms. The Labute approximate surface area is 120 Å². The van der Waals surface area contributed by atoms with Gasteiger partial charge in [-0.15, -0.1) is 11.3 Å². The Balaban J connectivity index is 2.40. The van der Waals surface area contributed by atoms with Gasteiger partial charge in [0, 0.05) is 16.8 Å². The van der Waals surface area contributed by atoms with Gasteiger partial charge in [0.05, 0.1) is 6.04 Å². The summed E-state index contributed by atoms with van der Waals surface area (Å²) < 4.78 is 0.